The van der Waals surface area contributed by atoms with Crippen LogP contribution in [-0.2, 0) is 0 Å². The van der Waals surface area contributed by atoms with E-state index >= 15 is 0 Å². The van der Waals surface area contributed by atoms with Crippen molar-refractivity contribution in [3.05, 3.63) is 59.2 Å². The van der Waals surface area contributed by atoms with Gasteiger partial charge in [-0.25, -0.2) is 4.52 Å². The molecule has 0 atom stereocenters. The summed E-state index contributed by atoms with van der Waals surface area (Å²) >= 11 is 5.94. The fourth-order valence-corrected chi connectivity index (χ4v) is 2.47. The molecule has 0 amide bonds. The summed E-state index contributed by atoms with van der Waals surface area (Å²) in [4.78, 5) is 12.6. The van der Waals surface area contributed by atoms with Gasteiger partial charge in [0.15, 0.2) is 5.78 Å². The highest BCUT2D eigenvalue weighted by Gasteiger charge is 2.22. The van der Waals surface area contributed by atoms with Gasteiger partial charge in [0, 0.05) is 22.7 Å². The van der Waals surface area contributed by atoms with Crippen LogP contribution < -0.4 is 0 Å². The molecule has 2 heterocycles. The number of Topliss-reactive ketones (excluding diaryl/α,β-unsaturated/α-hetero) is 1. The third-order valence-electron chi connectivity index (χ3n) is 3.43. The standard InChI is InChI=1S/C17H15ClN2O/c1-11(2)17(21)15-14-5-3-4-10-20(14)19-16(15)12-6-8-13(18)9-7-12/h3-11H,1-2H3. The van der Waals surface area contributed by atoms with E-state index in [1.807, 2.05) is 62.5 Å². The highest BCUT2D eigenvalue weighted by atomic mass is 35.5. The molecule has 0 aliphatic heterocycles. The quantitative estimate of drug-likeness (QED) is 0.668. The van der Waals surface area contributed by atoms with Gasteiger partial charge in [-0.15, -0.1) is 0 Å². The monoisotopic (exact) mass is 298 g/mol. The number of carbonyl (C=O) groups is 1. The molecule has 1 aromatic carbocycles. The molecular formula is C17H15ClN2O. The minimum Gasteiger partial charge on any atom is -0.294 e. The van der Waals surface area contributed by atoms with E-state index in [4.69, 9.17) is 11.6 Å². The summed E-state index contributed by atoms with van der Waals surface area (Å²) in [6.07, 6.45) is 1.85. The second-order valence-corrected chi connectivity index (χ2v) is 5.72. The molecule has 3 rings (SSSR count). The van der Waals surface area contributed by atoms with Crippen LogP contribution in [0, 0.1) is 5.92 Å². The number of carbonyl (C=O) groups excluding carboxylic acids is 1. The first-order valence-corrected chi connectivity index (χ1v) is 7.23. The topological polar surface area (TPSA) is 34.4 Å². The van der Waals surface area contributed by atoms with Crippen molar-refractivity contribution in [2.45, 2.75) is 13.8 Å². The number of ketones is 1. The number of rotatable bonds is 3. The van der Waals surface area contributed by atoms with E-state index in [1.165, 1.54) is 0 Å². The highest BCUT2D eigenvalue weighted by Crippen LogP contribution is 2.29. The zero-order valence-electron chi connectivity index (χ0n) is 11.9. The van der Waals surface area contributed by atoms with Crippen molar-refractivity contribution in [1.29, 1.82) is 0 Å². The van der Waals surface area contributed by atoms with E-state index in [9.17, 15) is 4.79 Å². The third-order valence-corrected chi connectivity index (χ3v) is 3.68. The minimum atomic E-state index is -0.0794. The van der Waals surface area contributed by atoms with Crippen molar-refractivity contribution < 1.29 is 4.79 Å². The lowest BCUT2D eigenvalue weighted by Crippen LogP contribution is -2.08. The maximum absolute atomic E-state index is 12.6. The lowest BCUT2D eigenvalue weighted by molar-refractivity contribution is 0.0941. The number of fused-ring (bicyclic) bond motifs is 1. The average molecular weight is 299 g/mol. The van der Waals surface area contributed by atoms with E-state index in [-0.39, 0.29) is 11.7 Å². The summed E-state index contributed by atoms with van der Waals surface area (Å²) in [6, 6.07) is 13.1. The van der Waals surface area contributed by atoms with Crippen molar-refractivity contribution in [3.63, 3.8) is 0 Å². The summed E-state index contributed by atoms with van der Waals surface area (Å²) < 4.78 is 1.75. The lowest BCUT2D eigenvalue weighted by atomic mass is 9.97. The van der Waals surface area contributed by atoms with Crippen molar-refractivity contribution in [3.8, 4) is 11.3 Å². The molecule has 2 aromatic heterocycles. The summed E-state index contributed by atoms with van der Waals surface area (Å²) in [7, 11) is 0. The predicted octanol–water partition coefficient (Wildman–Crippen LogP) is 4.49. The van der Waals surface area contributed by atoms with E-state index in [2.05, 4.69) is 5.10 Å². The van der Waals surface area contributed by atoms with Crippen LogP contribution in [0.1, 0.15) is 24.2 Å². The van der Waals surface area contributed by atoms with Crippen LogP contribution in [0.4, 0.5) is 0 Å². The van der Waals surface area contributed by atoms with E-state index in [0.29, 0.717) is 16.3 Å². The van der Waals surface area contributed by atoms with Gasteiger partial charge in [-0.2, -0.15) is 5.10 Å². The number of hydrogen-bond donors (Lipinski definition) is 0. The maximum Gasteiger partial charge on any atom is 0.169 e. The molecule has 4 heteroatoms. The summed E-state index contributed by atoms with van der Waals surface area (Å²) in [5.41, 5.74) is 3.11. The number of aromatic nitrogens is 2. The van der Waals surface area contributed by atoms with Crippen LogP contribution in [0.3, 0.4) is 0 Å². The van der Waals surface area contributed by atoms with Gasteiger partial charge in [-0.05, 0) is 24.3 Å². The van der Waals surface area contributed by atoms with Gasteiger partial charge in [0.1, 0.15) is 5.69 Å². The van der Waals surface area contributed by atoms with Gasteiger partial charge >= 0.3 is 0 Å². The highest BCUT2D eigenvalue weighted by molar-refractivity contribution is 6.30. The largest absolute Gasteiger partial charge is 0.294 e. The Labute approximate surface area is 128 Å². The Morgan fingerprint density at radius 1 is 1.14 bits per heavy atom. The molecule has 0 unspecified atom stereocenters. The second kappa shape index (κ2) is 5.34. The molecule has 0 aliphatic carbocycles. The second-order valence-electron chi connectivity index (χ2n) is 5.28. The number of hydrogen-bond acceptors (Lipinski definition) is 2. The first-order valence-electron chi connectivity index (χ1n) is 6.85. The zero-order valence-corrected chi connectivity index (χ0v) is 12.6. The van der Waals surface area contributed by atoms with Crippen molar-refractivity contribution in [1.82, 2.24) is 9.61 Å². The molecular weight excluding hydrogens is 284 g/mol. The van der Waals surface area contributed by atoms with Crippen LogP contribution >= 0.6 is 11.6 Å². The Morgan fingerprint density at radius 2 is 1.86 bits per heavy atom. The Kier molecular flexibility index (Phi) is 3.52. The fraction of sp³-hybridized carbons (Fsp3) is 0.176. The molecule has 0 aliphatic rings. The lowest BCUT2D eigenvalue weighted by Gasteiger charge is -2.05. The van der Waals surface area contributed by atoms with Crippen LogP contribution in [0.25, 0.3) is 16.8 Å². The summed E-state index contributed by atoms with van der Waals surface area (Å²) in [5, 5.41) is 5.23. The zero-order chi connectivity index (χ0) is 15.0. The van der Waals surface area contributed by atoms with Crippen molar-refractivity contribution in [2.24, 2.45) is 5.92 Å². The Bertz CT molecular complexity index is 803. The van der Waals surface area contributed by atoms with Gasteiger partial charge < -0.3 is 0 Å². The Hall–Kier alpha value is -2.13. The van der Waals surface area contributed by atoms with Crippen molar-refractivity contribution >= 4 is 22.9 Å². The van der Waals surface area contributed by atoms with Gasteiger partial charge in [-0.1, -0.05) is 43.6 Å². The average Bonchev–Trinajstić information content (AvgIpc) is 2.86. The predicted molar refractivity (Wildman–Crippen MR) is 84.8 cm³/mol. The van der Waals surface area contributed by atoms with E-state index in [1.54, 1.807) is 4.52 Å². The van der Waals surface area contributed by atoms with Crippen LogP contribution in [0.2, 0.25) is 5.02 Å². The number of pyridine rings is 1. The molecule has 0 fully saturated rings. The Balaban J connectivity index is 2.28. The number of halogens is 1. The molecule has 3 aromatic rings. The molecule has 0 saturated heterocycles. The SMILES string of the molecule is CC(C)C(=O)c1c(-c2ccc(Cl)cc2)nn2ccccc12. The normalized spacial score (nSPS) is 11.2. The molecule has 0 saturated carbocycles. The van der Waals surface area contributed by atoms with E-state index < -0.39 is 0 Å². The smallest absolute Gasteiger partial charge is 0.169 e. The number of benzene rings is 1. The molecule has 0 N–H and O–H groups in total. The molecule has 106 valence electrons. The first kappa shape index (κ1) is 13.8. The van der Waals surface area contributed by atoms with Crippen LogP contribution in [-0.4, -0.2) is 15.4 Å². The van der Waals surface area contributed by atoms with E-state index in [0.717, 1.165) is 11.1 Å². The van der Waals surface area contributed by atoms with Gasteiger partial charge in [0.25, 0.3) is 0 Å². The van der Waals surface area contributed by atoms with Crippen LogP contribution in [0.15, 0.2) is 48.7 Å². The Morgan fingerprint density at radius 3 is 2.52 bits per heavy atom. The number of nitrogens with zero attached hydrogens (tertiary/aromatic N) is 2. The molecule has 3 nitrogen and oxygen atoms in total. The van der Waals surface area contributed by atoms with Gasteiger partial charge in [-0.3, -0.25) is 4.79 Å². The third kappa shape index (κ3) is 2.45. The summed E-state index contributed by atoms with van der Waals surface area (Å²) in [5.74, 6) is 0.0189. The summed E-state index contributed by atoms with van der Waals surface area (Å²) in [6.45, 7) is 3.81. The first-order chi connectivity index (χ1) is 10.1. The molecule has 0 bridgehead atoms. The van der Waals surface area contributed by atoms with Gasteiger partial charge in [0.05, 0.1) is 11.1 Å². The maximum atomic E-state index is 12.6. The van der Waals surface area contributed by atoms with Crippen molar-refractivity contribution in [2.75, 3.05) is 0 Å². The minimum absolute atomic E-state index is 0.0794. The molecule has 0 spiro atoms. The van der Waals surface area contributed by atoms with Crippen LogP contribution in [0.5, 0.6) is 0 Å². The molecule has 0 radical (unpaired) electrons. The van der Waals surface area contributed by atoms with Gasteiger partial charge in [0.2, 0.25) is 0 Å². The molecule has 21 heavy (non-hydrogen) atoms. The fourth-order valence-electron chi connectivity index (χ4n) is 2.34.